The number of aliphatic hydroxyl groups is 3. The second-order valence-corrected chi connectivity index (χ2v) is 2.83. The summed E-state index contributed by atoms with van der Waals surface area (Å²) in [4.78, 5) is 0. The van der Waals surface area contributed by atoms with Gasteiger partial charge < -0.3 is 24.8 Å². The maximum atomic E-state index is 9.35. The Morgan fingerprint density at radius 1 is 1.46 bits per heavy atom. The zero-order valence-corrected chi connectivity index (χ0v) is 7.17. The molecule has 1 aliphatic rings. The zero-order chi connectivity index (χ0) is 10.0. The molecule has 4 N–H and O–H groups in total. The van der Waals surface area contributed by atoms with Gasteiger partial charge >= 0.3 is 0 Å². The maximum Gasteiger partial charge on any atom is 0.213 e. The van der Waals surface area contributed by atoms with Crippen LogP contribution in [0.25, 0.3) is 0 Å². The highest BCUT2D eigenvalue weighted by Crippen LogP contribution is 2.21. The molecule has 0 aromatic rings. The number of rotatable bonds is 2. The van der Waals surface area contributed by atoms with E-state index in [-0.39, 0.29) is 5.90 Å². The van der Waals surface area contributed by atoms with E-state index >= 15 is 0 Å². The largest absolute Gasteiger partial charge is 0.483 e. The van der Waals surface area contributed by atoms with Crippen LogP contribution < -0.4 is 0 Å². The highest BCUT2D eigenvalue weighted by atomic mass is 16.6. The van der Waals surface area contributed by atoms with Gasteiger partial charge in [-0.2, -0.15) is 0 Å². The molecule has 6 heteroatoms. The Morgan fingerprint density at radius 3 is 2.46 bits per heavy atom. The molecule has 13 heavy (non-hydrogen) atoms. The molecule has 0 saturated carbocycles. The molecule has 0 spiro atoms. The Balaban J connectivity index is 2.65. The minimum atomic E-state index is -1.22. The number of nitrogens with one attached hydrogen (secondary N) is 1. The lowest BCUT2D eigenvalue weighted by Crippen LogP contribution is -2.37. The second-order valence-electron chi connectivity index (χ2n) is 2.83. The van der Waals surface area contributed by atoms with E-state index in [2.05, 4.69) is 4.74 Å². The fraction of sp³-hybridized carbons (Fsp3) is 0.857. The molecule has 1 heterocycles. The van der Waals surface area contributed by atoms with Crippen LogP contribution in [0.1, 0.15) is 0 Å². The van der Waals surface area contributed by atoms with E-state index in [4.69, 9.17) is 15.3 Å². The van der Waals surface area contributed by atoms with Gasteiger partial charge in [0.2, 0.25) is 5.90 Å². The van der Waals surface area contributed by atoms with Gasteiger partial charge in [-0.15, -0.1) is 0 Å². The maximum absolute atomic E-state index is 9.35. The van der Waals surface area contributed by atoms with E-state index in [1.54, 1.807) is 0 Å². The van der Waals surface area contributed by atoms with Gasteiger partial charge in [0.25, 0.3) is 0 Å². The lowest BCUT2D eigenvalue weighted by atomic mass is 10.1. The average Bonchev–Trinajstić information content (AvgIpc) is 2.43. The Bertz CT molecular complexity index is 197. The fourth-order valence-electron chi connectivity index (χ4n) is 1.23. The van der Waals surface area contributed by atoms with Crippen LogP contribution in [0.3, 0.4) is 0 Å². The zero-order valence-electron chi connectivity index (χ0n) is 7.17. The van der Waals surface area contributed by atoms with Gasteiger partial charge in [0.1, 0.15) is 18.3 Å². The van der Waals surface area contributed by atoms with E-state index in [1.807, 2.05) is 0 Å². The third-order valence-corrected chi connectivity index (χ3v) is 2.02. The minimum absolute atomic E-state index is 0.262. The smallest absolute Gasteiger partial charge is 0.213 e. The lowest BCUT2D eigenvalue weighted by Gasteiger charge is -2.13. The summed E-state index contributed by atoms with van der Waals surface area (Å²) >= 11 is 0. The second kappa shape index (κ2) is 4.01. The number of aliphatic hydroxyl groups excluding tert-OH is 3. The van der Waals surface area contributed by atoms with Gasteiger partial charge in [-0.05, 0) is 0 Å². The average molecular weight is 191 g/mol. The highest BCUT2D eigenvalue weighted by molar-refractivity contribution is 5.78. The topological polar surface area (TPSA) is 103 Å². The predicted molar refractivity (Wildman–Crippen MR) is 42.5 cm³/mol. The van der Waals surface area contributed by atoms with Crippen molar-refractivity contribution in [1.29, 1.82) is 5.41 Å². The first-order valence-electron chi connectivity index (χ1n) is 3.86. The van der Waals surface area contributed by atoms with Crippen molar-refractivity contribution >= 4 is 5.90 Å². The van der Waals surface area contributed by atoms with Gasteiger partial charge in [-0.1, -0.05) is 0 Å². The van der Waals surface area contributed by atoms with Crippen molar-refractivity contribution in [3.05, 3.63) is 0 Å². The molecule has 0 radical (unpaired) electrons. The summed E-state index contributed by atoms with van der Waals surface area (Å²) in [6, 6.07) is 0. The summed E-state index contributed by atoms with van der Waals surface area (Å²) in [5.74, 6) is -0.262. The first-order valence-corrected chi connectivity index (χ1v) is 3.86. The molecule has 0 aromatic carbocycles. The van der Waals surface area contributed by atoms with Crippen LogP contribution >= 0.6 is 0 Å². The molecule has 1 fully saturated rings. The summed E-state index contributed by atoms with van der Waals surface area (Å²) in [6.07, 6.45) is -4.23. The molecule has 0 amide bonds. The van der Waals surface area contributed by atoms with E-state index in [0.717, 1.165) is 0 Å². The summed E-state index contributed by atoms with van der Waals surface area (Å²) in [5.41, 5.74) is 0. The van der Waals surface area contributed by atoms with Crippen molar-refractivity contribution in [2.75, 3.05) is 13.7 Å². The highest BCUT2D eigenvalue weighted by Gasteiger charge is 2.45. The standard InChI is InChI=1S/C7H13NO5/c1-12-7(8)6-5(11)4(10)3(2-9)13-6/h3-6,8-11H,2H2,1H3. The van der Waals surface area contributed by atoms with Gasteiger partial charge in [0.15, 0.2) is 6.10 Å². The molecule has 0 aliphatic carbocycles. The van der Waals surface area contributed by atoms with Gasteiger partial charge in [-0.25, -0.2) is 0 Å². The van der Waals surface area contributed by atoms with Crippen LogP contribution in [0.15, 0.2) is 0 Å². The van der Waals surface area contributed by atoms with Crippen LogP contribution in [-0.4, -0.2) is 59.3 Å². The molecular formula is C7H13NO5. The fourth-order valence-corrected chi connectivity index (χ4v) is 1.23. The third kappa shape index (κ3) is 1.80. The van der Waals surface area contributed by atoms with Crippen molar-refractivity contribution in [2.24, 2.45) is 0 Å². The Labute approximate surface area is 75.2 Å². The molecule has 0 bridgehead atoms. The van der Waals surface area contributed by atoms with E-state index in [0.29, 0.717) is 0 Å². The SMILES string of the molecule is COC(=N)C1OC(CO)C(O)C1O. The summed E-state index contributed by atoms with van der Waals surface area (Å²) in [7, 11) is 1.27. The van der Waals surface area contributed by atoms with Crippen molar-refractivity contribution in [1.82, 2.24) is 0 Å². The first-order chi connectivity index (χ1) is 6.11. The van der Waals surface area contributed by atoms with Crippen molar-refractivity contribution in [3.8, 4) is 0 Å². The van der Waals surface area contributed by atoms with E-state index in [1.165, 1.54) is 7.11 Å². The summed E-state index contributed by atoms with van der Waals surface area (Å²) in [6.45, 7) is -0.397. The minimum Gasteiger partial charge on any atom is -0.483 e. The van der Waals surface area contributed by atoms with Gasteiger partial charge in [0.05, 0.1) is 13.7 Å². The summed E-state index contributed by atoms with van der Waals surface area (Å²) in [5, 5.41) is 34.6. The van der Waals surface area contributed by atoms with Crippen molar-refractivity contribution < 1.29 is 24.8 Å². The first kappa shape index (κ1) is 10.4. The molecular weight excluding hydrogens is 178 g/mol. The Morgan fingerprint density at radius 2 is 2.08 bits per heavy atom. The Hall–Kier alpha value is -0.690. The van der Waals surface area contributed by atoms with Gasteiger partial charge in [-0.3, -0.25) is 5.41 Å². The van der Waals surface area contributed by atoms with E-state index < -0.39 is 31.0 Å². The lowest BCUT2D eigenvalue weighted by molar-refractivity contribution is -0.0122. The van der Waals surface area contributed by atoms with E-state index in [9.17, 15) is 10.2 Å². The molecule has 1 rings (SSSR count). The van der Waals surface area contributed by atoms with Crippen LogP contribution in [0.5, 0.6) is 0 Å². The van der Waals surface area contributed by atoms with Crippen LogP contribution in [0, 0.1) is 5.41 Å². The molecule has 76 valence electrons. The predicted octanol–water partition coefficient (Wildman–Crippen LogP) is -1.91. The molecule has 6 nitrogen and oxygen atoms in total. The number of hydrogen-bond acceptors (Lipinski definition) is 6. The molecule has 4 atom stereocenters. The monoisotopic (exact) mass is 191 g/mol. The molecule has 4 unspecified atom stereocenters. The molecule has 1 aliphatic heterocycles. The van der Waals surface area contributed by atoms with Crippen molar-refractivity contribution in [3.63, 3.8) is 0 Å². The number of hydrogen-bond donors (Lipinski definition) is 4. The van der Waals surface area contributed by atoms with Crippen LogP contribution in [0.4, 0.5) is 0 Å². The van der Waals surface area contributed by atoms with Crippen LogP contribution in [-0.2, 0) is 9.47 Å². The quantitative estimate of drug-likeness (QED) is 0.301. The van der Waals surface area contributed by atoms with Crippen LogP contribution in [0.2, 0.25) is 0 Å². The summed E-state index contributed by atoms with van der Waals surface area (Å²) < 4.78 is 9.54. The molecule has 1 saturated heterocycles. The van der Waals surface area contributed by atoms with Gasteiger partial charge in [0, 0.05) is 0 Å². The number of ether oxygens (including phenoxy) is 2. The third-order valence-electron chi connectivity index (χ3n) is 2.02. The molecule has 0 aromatic heterocycles. The number of methoxy groups -OCH3 is 1. The van der Waals surface area contributed by atoms with Crippen molar-refractivity contribution in [2.45, 2.75) is 24.4 Å². The normalized spacial score (nSPS) is 39.1. The Kier molecular flexibility index (Phi) is 3.21.